The van der Waals surface area contributed by atoms with E-state index < -0.39 is 9.84 Å². The molecule has 0 radical (unpaired) electrons. The standard InChI is InChI=1S/C13H10IN3O2S/c1-20(18,19)11-5-3-2-4-9(11)10-8-17-12(14)6-16-13(17)7-15-10/h2-8H,1H3. The number of nitrogens with zero attached hydrogens (tertiary/aromatic N) is 3. The van der Waals surface area contributed by atoms with Crippen molar-refractivity contribution >= 4 is 38.1 Å². The van der Waals surface area contributed by atoms with E-state index in [4.69, 9.17) is 0 Å². The summed E-state index contributed by atoms with van der Waals surface area (Å²) in [6, 6.07) is 6.86. The van der Waals surface area contributed by atoms with Crippen LogP contribution in [0.3, 0.4) is 0 Å². The smallest absolute Gasteiger partial charge is 0.176 e. The van der Waals surface area contributed by atoms with Crippen LogP contribution in [0.4, 0.5) is 0 Å². The molecule has 102 valence electrons. The number of fused-ring (bicyclic) bond motifs is 1. The van der Waals surface area contributed by atoms with Crippen molar-refractivity contribution in [3.8, 4) is 11.3 Å². The number of aromatic nitrogens is 3. The average molecular weight is 399 g/mol. The van der Waals surface area contributed by atoms with Gasteiger partial charge in [-0.05, 0) is 28.7 Å². The van der Waals surface area contributed by atoms with Gasteiger partial charge in [0.1, 0.15) is 3.70 Å². The van der Waals surface area contributed by atoms with E-state index in [0.29, 0.717) is 11.3 Å². The van der Waals surface area contributed by atoms with Crippen molar-refractivity contribution in [3.63, 3.8) is 0 Å². The molecule has 0 atom stereocenters. The maximum absolute atomic E-state index is 11.9. The van der Waals surface area contributed by atoms with Crippen molar-refractivity contribution in [2.45, 2.75) is 4.90 Å². The molecule has 7 heteroatoms. The first kappa shape index (κ1) is 13.5. The molecule has 0 fully saturated rings. The van der Waals surface area contributed by atoms with Gasteiger partial charge in [0.15, 0.2) is 15.5 Å². The Labute approximate surface area is 129 Å². The second kappa shape index (κ2) is 4.81. The highest BCUT2D eigenvalue weighted by Gasteiger charge is 2.15. The lowest BCUT2D eigenvalue weighted by Crippen LogP contribution is -2.01. The number of benzene rings is 1. The fraction of sp³-hybridized carbons (Fsp3) is 0.0769. The van der Waals surface area contributed by atoms with E-state index in [-0.39, 0.29) is 4.90 Å². The van der Waals surface area contributed by atoms with Crippen molar-refractivity contribution < 1.29 is 8.42 Å². The third kappa shape index (κ3) is 2.31. The van der Waals surface area contributed by atoms with Crippen molar-refractivity contribution in [2.24, 2.45) is 0 Å². The Morgan fingerprint density at radius 1 is 1.15 bits per heavy atom. The van der Waals surface area contributed by atoms with E-state index in [2.05, 4.69) is 32.6 Å². The molecular formula is C13H10IN3O2S. The van der Waals surface area contributed by atoms with Gasteiger partial charge in [0.05, 0.1) is 23.0 Å². The summed E-state index contributed by atoms with van der Waals surface area (Å²) in [7, 11) is -3.30. The molecule has 0 unspecified atom stereocenters. The minimum Gasteiger partial charge on any atom is -0.291 e. The summed E-state index contributed by atoms with van der Waals surface area (Å²) in [6.07, 6.45) is 6.37. The van der Waals surface area contributed by atoms with E-state index in [1.807, 2.05) is 4.40 Å². The van der Waals surface area contributed by atoms with Gasteiger partial charge in [-0.25, -0.2) is 13.4 Å². The maximum atomic E-state index is 11.9. The molecule has 0 aliphatic heterocycles. The summed E-state index contributed by atoms with van der Waals surface area (Å²) in [5.74, 6) is 0. The maximum Gasteiger partial charge on any atom is 0.176 e. The van der Waals surface area contributed by atoms with Crippen LogP contribution < -0.4 is 0 Å². The fourth-order valence-electron chi connectivity index (χ4n) is 2.00. The second-order valence-corrected chi connectivity index (χ2v) is 7.44. The quantitative estimate of drug-likeness (QED) is 0.621. The van der Waals surface area contributed by atoms with Gasteiger partial charge >= 0.3 is 0 Å². The van der Waals surface area contributed by atoms with Gasteiger partial charge in [0.2, 0.25) is 0 Å². The summed E-state index contributed by atoms with van der Waals surface area (Å²) < 4.78 is 26.5. The Bertz CT molecular complexity index is 903. The molecule has 2 aromatic heterocycles. The van der Waals surface area contributed by atoms with Crippen LogP contribution in [-0.4, -0.2) is 29.0 Å². The Morgan fingerprint density at radius 2 is 1.90 bits per heavy atom. The van der Waals surface area contributed by atoms with Gasteiger partial charge in [0.25, 0.3) is 0 Å². The Balaban J connectivity index is 2.28. The zero-order valence-electron chi connectivity index (χ0n) is 10.5. The summed E-state index contributed by atoms with van der Waals surface area (Å²) in [5.41, 5.74) is 1.94. The third-order valence-electron chi connectivity index (χ3n) is 2.91. The summed E-state index contributed by atoms with van der Waals surface area (Å²) >= 11 is 2.17. The number of hydrogen-bond donors (Lipinski definition) is 0. The number of imidazole rings is 1. The van der Waals surface area contributed by atoms with Crippen molar-refractivity contribution in [3.05, 3.63) is 46.6 Å². The fourth-order valence-corrected chi connectivity index (χ4v) is 3.42. The normalized spacial score (nSPS) is 11.9. The Kier molecular flexibility index (Phi) is 3.25. The number of sulfone groups is 1. The number of hydrogen-bond acceptors (Lipinski definition) is 4. The predicted molar refractivity (Wildman–Crippen MR) is 84.2 cm³/mol. The predicted octanol–water partition coefficient (Wildman–Crippen LogP) is 2.40. The topological polar surface area (TPSA) is 64.3 Å². The zero-order chi connectivity index (χ0) is 14.3. The van der Waals surface area contributed by atoms with Gasteiger partial charge in [0, 0.05) is 18.0 Å². The van der Waals surface area contributed by atoms with E-state index >= 15 is 0 Å². The van der Waals surface area contributed by atoms with E-state index in [1.165, 1.54) is 6.26 Å². The minimum absolute atomic E-state index is 0.280. The summed E-state index contributed by atoms with van der Waals surface area (Å²) in [4.78, 5) is 8.79. The van der Waals surface area contributed by atoms with Crippen LogP contribution in [0.25, 0.3) is 16.9 Å². The first-order valence-electron chi connectivity index (χ1n) is 5.75. The monoisotopic (exact) mass is 399 g/mol. The van der Waals surface area contributed by atoms with Crippen LogP contribution >= 0.6 is 22.6 Å². The number of rotatable bonds is 2. The molecule has 0 bridgehead atoms. The highest BCUT2D eigenvalue weighted by atomic mass is 127. The molecule has 2 heterocycles. The average Bonchev–Trinajstić information content (AvgIpc) is 2.79. The van der Waals surface area contributed by atoms with Crippen molar-refractivity contribution in [1.29, 1.82) is 0 Å². The van der Waals surface area contributed by atoms with Crippen LogP contribution in [-0.2, 0) is 9.84 Å². The molecule has 0 saturated carbocycles. The molecule has 1 aromatic carbocycles. The molecule has 0 saturated heterocycles. The van der Waals surface area contributed by atoms with Gasteiger partial charge in [-0.2, -0.15) is 0 Å². The lowest BCUT2D eigenvalue weighted by molar-refractivity contribution is 0.602. The largest absolute Gasteiger partial charge is 0.291 e. The molecule has 3 aromatic rings. The minimum atomic E-state index is -3.30. The lowest BCUT2D eigenvalue weighted by Gasteiger charge is -2.07. The van der Waals surface area contributed by atoms with Crippen LogP contribution in [0.15, 0.2) is 47.8 Å². The molecule has 20 heavy (non-hydrogen) atoms. The third-order valence-corrected chi connectivity index (χ3v) is 4.87. The first-order chi connectivity index (χ1) is 9.47. The second-order valence-electron chi connectivity index (χ2n) is 4.35. The van der Waals surface area contributed by atoms with Gasteiger partial charge in [-0.3, -0.25) is 9.38 Å². The van der Waals surface area contributed by atoms with Crippen LogP contribution in [0.5, 0.6) is 0 Å². The van der Waals surface area contributed by atoms with E-state index in [0.717, 1.165) is 9.35 Å². The number of halogens is 1. The first-order valence-corrected chi connectivity index (χ1v) is 8.72. The molecular weight excluding hydrogens is 389 g/mol. The lowest BCUT2D eigenvalue weighted by atomic mass is 10.1. The van der Waals surface area contributed by atoms with Crippen molar-refractivity contribution in [2.75, 3.05) is 6.26 Å². The van der Waals surface area contributed by atoms with E-state index in [1.54, 1.807) is 42.9 Å². The van der Waals surface area contributed by atoms with Crippen molar-refractivity contribution in [1.82, 2.24) is 14.4 Å². The highest BCUT2D eigenvalue weighted by molar-refractivity contribution is 14.1. The Morgan fingerprint density at radius 3 is 2.65 bits per heavy atom. The van der Waals surface area contributed by atoms with Crippen LogP contribution in [0, 0.1) is 3.70 Å². The van der Waals surface area contributed by atoms with Gasteiger partial charge in [-0.15, -0.1) is 0 Å². The SMILES string of the molecule is CS(=O)(=O)c1ccccc1-c1cn2c(I)cnc2cn1. The molecule has 3 rings (SSSR count). The van der Waals surface area contributed by atoms with Crippen LogP contribution in [0.2, 0.25) is 0 Å². The van der Waals surface area contributed by atoms with Gasteiger partial charge in [-0.1, -0.05) is 18.2 Å². The van der Waals surface area contributed by atoms with Crippen LogP contribution in [0.1, 0.15) is 0 Å². The summed E-state index contributed by atoms with van der Waals surface area (Å²) in [6.45, 7) is 0. The molecule has 0 spiro atoms. The molecule has 0 aliphatic carbocycles. The van der Waals surface area contributed by atoms with E-state index in [9.17, 15) is 8.42 Å². The van der Waals surface area contributed by atoms with Gasteiger partial charge < -0.3 is 0 Å². The molecule has 0 aliphatic rings. The molecule has 0 amide bonds. The summed E-state index contributed by atoms with van der Waals surface area (Å²) in [5, 5.41) is 0. The zero-order valence-corrected chi connectivity index (χ0v) is 13.5. The molecule has 5 nitrogen and oxygen atoms in total. The highest BCUT2D eigenvalue weighted by Crippen LogP contribution is 2.26. The molecule has 0 N–H and O–H groups in total. The Hall–Kier alpha value is -1.48.